The zero-order valence-corrected chi connectivity index (χ0v) is 14.1. The third-order valence-electron chi connectivity index (χ3n) is 3.44. The van der Waals surface area contributed by atoms with Crippen LogP contribution in [0.25, 0.3) is 0 Å². The summed E-state index contributed by atoms with van der Waals surface area (Å²) in [4.78, 5) is 14.3. The van der Waals surface area contributed by atoms with Gasteiger partial charge in [-0.05, 0) is 53.8 Å². The highest BCUT2D eigenvalue weighted by molar-refractivity contribution is 9.10. The molecule has 2 aromatic rings. The van der Waals surface area contributed by atoms with Gasteiger partial charge in [-0.2, -0.15) is 0 Å². The van der Waals surface area contributed by atoms with E-state index in [1.807, 2.05) is 49.3 Å². The van der Waals surface area contributed by atoms with Crippen LogP contribution in [0.4, 0.5) is 4.39 Å². The maximum Gasteiger partial charge on any atom is 0.252 e. The lowest BCUT2D eigenvalue weighted by Gasteiger charge is -2.25. The molecule has 0 heterocycles. The number of nitrogens with zero attached hydrogens (tertiary/aromatic N) is 1. The van der Waals surface area contributed by atoms with Crippen molar-refractivity contribution in [1.82, 2.24) is 10.2 Å². The molecule has 0 spiro atoms. The largest absolute Gasteiger partial charge is 0.350 e. The van der Waals surface area contributed by atoms with E-state index in [1.165, 1.54) is 18.2 Å². The number of amides is 1. The van der Waals surface area contributed by atoms with E-state index in [1.54, 1.807) is 0 Å². The smallest absolute Gasteiger partial charge is 0.252 e. The minimum absolute atomic E-state index is 0.0532. The molecule has 0 aliphatic rings. The number of halogens is 2. The van der Waals surface area contributed by atoms with Crippen molar-refractivity contribution in [2.45, 2.75) is 6.04 Å². The Morgan fingerprint density at radius 1 is 1.23 bits per heavy atom. The Balaban J connectivity index is 2.10. The van der Waals surface area contributed by atoms with Gasteiger partial charge in [-0.15, -0.1) is 0 Å². The molecule has 0 bridgehead atoms. The van der Waals surface area contributed by atoms with Gasteiger partial charge in [-0.1, -0.05) is 30.3 Å². The zero-order valence-electron chi connectivity index (χ0n) is 12.5. The summed E-state index contributed by atoms with van der Waals surface area (Å²) in [5.74, 6) is -0.727. The normalized spacial score (nSPS) is 12.2. The Kier molecular flexibility index (Phi) is 5.69. The van der Waals surface area contributed by atoms with Crippen molar-refractivity contribution < 1.29 is 9.18 Å². The molecule has 3 nitrogen and oxygen atoms in total. The summed E-state index contributed by atoms with van der Waals surface area (Å²) in [6, 6.07) is 14.1. The third kappa shape index (κ3) is 4.15. The first-order valence-corrected chi connectivity index (χ1v) is 7.73. The molecule has 22 heavy (non-hydrogen) atoms. The van der Waals surface area contributed by atoms with Gasteiger partial charge in [0.2, 0.25) is 0 Å². The zero-order chi connectivity index (χ0) is 16.1. The van der Waals surface area contributed by atoms with E-state index in [0.717, 1.165) is 5.56 Å². The fourth-order valence-electron chi connectivity index (χ4n) is 2.23. The average Bonchev–Trinajstić information content (AvgIpc) is 2.50. The second-order valence-electron chi connectivity index (χ2n) is 5.22. The van der Waals surface area contributed by atoms with E-state index in [0.29, 0.717) is 16.6 Å². The van der Waals surface area contributed by atoms with Gasteiger partial charge in [0.1, 0.15) is 5.82 Å². The standard InChI is InChI=1S/C17H18BrFN2O/c1-21(2)16(12-6-4-3-5-7-12)11-20-17(22)14-10-13(19)8-9-15(14)18/h3-10,16H,11H2,1-2H3,(H,20,22). The second-order valence-corrected chi connectivity index (χ2v) is 6.08. The lowest BCUT2D eigenvalue weighted by atomic mass is 10.1. The van der Waals surface area contributed by atoms with Crippen molar-refractivity contribution in [3.63, 3.8) is 0 Å². The van der Waals surface area contributed by atoms with Gasteiger partial charge in [0.25, 0.3) is 5.91 Å². The lowest BCUT2D eigenvalue weighted by molar-refractivity contribution is 0.0940. The highest BCUT2D eigenvalue weighted by Crippen LogP contribution is 2.19. The van der Waals surface area contributed by atoms with Crippen molar-refractivity contribution in [3.8, 4) is 0 Å². The highest BCUT2D eigenvalue weighted by Gasteiger charge is 2.17. The molecule has 0 fully saturated rings. The molecule has 1 atom stereocenters. The summed E-state index contributed by atoms with van der Waals surface area (Å²) in [6.45, 7) is 0.443. The third-order valence-corrected chi connectivity index (χ3v) is 4.13. The summed E-state index contributed by atoms with van der Waals surface area (Å²) < 4.78 is 13.9. The maximum absolute atomic E-state index is 13.3. The Morgan fingerprint density at radius 3 is 2.55 bits per heavy atom. The SMILES string of the molecule is CN(C)C(CNC(=O)c1cc(F)ccc1Br)c1ccccc1. The predicted octanol–water partition coefficient (Wildman–Crippen LogP) is 3.62. The van der Waals surface area contributed by atoms with Crippen molar-refractivity contribution in [2.24, 2.45) is 0 Å². The van der Waals surface area contributed by atoms with Crippen molar-refractivity contribution in [2.75, 3.05) is 20.6 Å². The Morgan fingerprint density at radius 2 is 1.91 bits per heavy atom. The minimum Gasteiger partial charge on any atom is -0.350 e. The molecule has 0 radical (unpaired) electrons. The first-order chi connectivity index (χ1) is 10.5. The van der Waals surface area contributed by atoms with Crippen LogP contribution in [0.3, 0.4) is 0 Å². The molecule has 0 saturated carbocycles. The number of rotatable bonds is 5. The number of benzene rings is 2. The van der Waals surface area contributed by atoms with Gasteiger partial charge in [-0.3, -0.25) is 4.79 Å². The minimum atomic E-state index is -0.430. The Hall–Kier alpha value is -1.72. The van der Waals surface area contributed by atoms with Crippen LogP contribution in [-0.4, -0.2) is 31.4 Å². The van der Waals surface area contributed by atoms with Gasteiger partial charge in [0, 0.05) is 11.0 Å². The number of nitrogens with one attached hydrogen (secondary N) is 1. The Labute approximate surface area is 138 Å². The number of carbonyl (C=O) groups excluding carboxylic acids is 1. The molecular weight excluding hydrogens is 347 g/mol. The topological polar surface area (TPSA) is 32.3 Å². The first-order valence-electron chi connectivity index (χ1n) is 6.93. The van der Waals surface area contributed by atoms with Crippen LogP contribution >= 0.6 is 15.9 Å². The summed E-state index contributed by atoms with van der Waals surface area (Å²) >= 11 is 3.27. The van der Waals surface area contributed by atoms with Gasteiger partial charge in [0.15, 0.2) is 0 Å². The quantitative estimate of drug-likeness (QED) is 0.878. The van der Waals surface area contributed by atoms with Crippen molar-refractivity contribution >= 4 is 21.8 Å². The van der Waals surface area contributed by atoms with E-state index < -0.39 is 5.82 Å². The monoisotopic (exact) mass is 364 g/mol. The second kappa shape index (κ2) is 7.51. The van der Waals surface area contributed by atoms with Crippen LogP contribution in [0.15, 0.2) is 53.0 Å². The van der Waals surface area contributed by atoms with Gasteiger partial charge >= 0.3 is 0 Å². The summed E-state index contributed by atoms with van der Waals surface area (Å²) in [5.41, 5.74) is 1.41. The van der Waals surface area contributed by atoms with Gasteiger partial charge in [-0.25, -0.2) is 4.39 Å². The van der Waals surface area contributed by atoms with E-state index >= 15 is 0 Å². The van der Waals surface area contributed by atoms with Crippen molar-refractivity contribution in [3.05, 3.63) is 69.9 Å². The maximum atomic E-state index is 13.3. The number of carbonyl (C=O) groups is 1. The lowest BCUT2D eigenvalue weighted by Crippen LogP contribution is -2.34. The fourth-order valence-corrected chi connectivity index (χ4v) is 2.66. The summed E-state index contributed by atoms with van der Waals surface area (Å²) in [6.07, 6.45) is 0. The van der Waals surface area contributed by atoms with Crippen LogP contribution in [0.2, 0.25) is 0 Å². The molecule has 2 rings (SSSR count). The molecule has 0 saturated heterocycles. The van der Waals surface area contributed by atoms with E-state index in [2.05, 4.69) is 21.2 Å². The molecular formula is C17H18BrFN2O. The molecule has 116 valence electrons. The summed E-state index contributed by atoms with van der Waals surface area (Å²) in [7, 11) is 3.92. The average molecular weight is 365 g/mol. The van der Waals surface area contributed by atoms with E-state index in [9.17, 15) is 9.18 Å². The van der Waals surface area contributed by atoms with Crippen LogP contribution < -0.4 is 5.32 Å². The molecule has 1 N–H and O–H groups in total. The van der Waals surface area contributed by atoms with E-state index in [-0.39, 0.29) is 11.9 Å². The van der Waals surface area contributed by atoms with E-state index in [4.69, 9.17) is 0 Å². The van der Waals surface area contributed by atoms with Crippen LogP contribution in [0, 0.1) is 5.82 Å². The van der Waals surface area contributed by atoms with Crippen molar-refractivity contribution in [1.29, 1.82) is 0 Å². The molecule has 1 unspecified atom stereocenters. The van der Waals surface area contributed by atoms with Gasteiger partial charge < -0.3 is 10.2 Å². The predicted molar refractivity (Wildman–Crippen MR) is 89.3 cm³/mol. The Bertz CT molecular complexity index is 646. The summed E-state index contributed by atoms with van der Waals surface area (Å²) in [5, 5.41) is 2.87. The molecule has 5 heteroatoms. The highest BCUT2D eigenvalue weighted by atomic mass is 79.9. The van der Waals surface area contributed by atoms with Crippen LogP contribution in [0.1, 0.15) is 22.0 Å². The molecule has 0 aliphatic carbocycles. The molecule has 1 amide bonds. The molecule has 2 aromatic carbocycles. The fraction of sp³-hybridized carbons (Fsp3) is 0.235. The number of likely N-dealkylation sites (N-methyl/N-ethyl adjacent to an activating group) is 1. The van der Waals surface area contributed by atoms with Gasteiger partial charge in [0.05, 0.1) is 11.6 Å². The first kappa shape index (κ1) is 16.6. The van der Waals surface area contributed by atoms with Crippen LogP contribution in [0.5, 0.6) is 0 Å². The molecule has 0 aliphatic heterocycles. The number of hydrogen-bond acceptors (Lipinski definition) is 2. The number of hydrogen-bond donors (Lipinski definition) is 1. The molecule has 0 aromatic heterocycles. The van der Waals surface area contributed by atoms with Crippen LogP contribution in [-0.2, 0) is 0 Å².